The summed E-state index contributed by atoms with van der Waals surface area (Å²) < 4.78 is 22.0. The van der Waals surface area contributed by atoms with Crippen LogP contribution in [0.5, 0.6) is 5.75 Å². The number of nitriles is 1. The minimum atomic E-state index is -0.620. The Morgan fingerprint density at radius 3 is 2.94 bits per heavy atom. The van der Waals surface area contributed by atoms with Crippen molar-refractivity contribution in [3.8, 4) is 11.8 Å². The predicted molar refractivity (Wildman–Crippen MR) is 119 cm³/mol. The van der Waals surface area contributed by atoms with Crippen LogP contribution in [0.2, 0.25) is 0 Å². The summed E-state index contributed by atoms with van der Waals surface area (Å²) >= 11 is 0. The Bertz CT molecular complexity index is 1030. The summed E-state index contributed by atoms with van der Waals surface area (Å²) in [5.41, 5.74) is 1.85. The van der Waals surface area contributed by atoms with Gasteiger partial charge in [-0.15, -0.1) is 0 Å². The topological polar surface area (TPSA) is 119 Å². The number of pyridine rings is 2. The van der Waals surface area contributed by atoms with Crippen LogP contribution in [0.15, 0.2) is 24.4 Å². The fourth-order valence-electron chi connectivity index (χ4n) is 3.97. The number of nitrogens with zero attached hydrogens (tertiary/aromatic N) is 4. The molecule has 0 spiro atoms. The van der Waals surface area contributed by atoms with Gasteiger partial charge in [0, 0.05) is 33.4 Å². The molecule has 2 aromatic heterocycles. The molecule has 4 heterocycles. The molecule has 0 saturated carbocycles. The van der Waals surface area contributed by atoms with E-state index < -0.39 is 6.29 Å². The number of fused-ring (bicyclic) bond motifs is 1. The Kier molecular flexibility index (Phi) is 7.34. The monoisotopic (exact) mass is 453 g/mol. The molecule has 0 aliphatic carbocycles. The minimum absolute atomic E-state index is 0.0101. The minimum Gasteiger partial charge on any atom is -0.489 e. The molecule has 1 unspecified atom stereocenters. The molecule has 0 aromatic carbocycles. The average molecular weight is 453 g/mol. The predicted octanol–water partition coefficient (Wildman–Crippen LogP) is 3.18. The van der Waals surface area contributed by atoms with Crippen molar-refractivity contribution in [2.24, 2.45) is 0 Å². The van der Waals surface area contributed by atoms with E-state index in [0.29, 0.717) is 36.0 Å². The van der Waals surface area contributed by atoms with Gasteiger partial charge in [0.05, 0.1) is 18.0 Å². The Hall–Kier alpha value is -3.26. The normalized spacial score (nSPS) is 17.5. The van der Waals surface area contributed by atoms with E-state index in [1.54, 1.807) is 11.0 Å². The van der Waals surface area contributed by atoms with Crippen LogP contribution in [0.1, 0.15) is 42.4 Å². The lowest BCUT2D eigenvalue weighted by atomic mass is 10.1. The highest BCUT2D eigenvalue weighted by Crippen LogP contribution is 2.29. The van der Waals surface area contributed by atoms with Gasteiger partial charge in [-0.05, 0) is 37.3 Å². The molecule has 33 heavy (non-hydrogen) atoms. The number of nitrogens with one attached hydrogen (secondary N) is 1. The molecular weight excluding hydrogens is 426 g/mol. The van der Waals surface area contributed by atoms with Crippen molar-refractivity contribution in [3.63, 3.8) is 0 Å². The van der Waals surface area contributed by atoms with Gasteiger partial charge in [0.2, 0.25) is 6.29 Å². The first-order valence-corrected chi connectivity index (χ1v) is 10.9. The molecule has 174 valence electrons. The number of urea groups is 1. The van der Waals surface area contributed by atoms with Gasteiger partial charge < -0.3 is 18.9 Å². The molecule has 2 aromatic rings. The summed E-state index contributed by atoms with van der Waals surface area (Å²) in [5, 5.41) is 12.2. The van der Waals surface area contributed by atoms with Crippen LogP contribution in [0.3, 0.4) is 0 Å². The van der Waals surface area contributed by atoms with Crippen molar-refractivity contribution in [3.05, 3.63) is 41.2 Å². The zero-order valence-corrected chi connectivity index (χ0v) is 18.7. The van der Waals surface area contributed by atoms with Crippen LogP contribution in [-0.2, 0) is 20.6 Å². The van der Waals surface area contributed by atoms with Gasteiger partial charge in [-0.25, -0.2) is 14.8 Å². The molecule has 10 nitrogen and oxygen atoms in total. The summed E-state index contributed by atoms with van der Waals surface area (Å²) in [6.45, 7) is 1.58. The number of hydrogen-bond donors (Lipinski definition) is 1. The number of carbonyl (C=O) groups is 1. The Morgan fingerprint density at radius 1 is 1.36 bits per heavy atom. The second-order valence-corrected chi connectivity index (χ2v) is 7.83. The fraction of sp³-hybridized carbons (Fsp3) is 0.478. The molecule has 10 heteroatoms. The van der Waals surface area contributed by atoms with Gasteiger partial charge in [-0.2, -0.15) is 5.26 Å². The SMILES string of the molecule is COC(OC)c1ccc2c(n1)N(C(=O)Nc1cc(OCC3CCCO3)c(C#N)cn1)CCC2. The molecule has 0 radical (unpaired) electrons. The third kappa shape index (κ3) is 5.22. The summed E-state index contributed by atoms with van der Waals surface area (Å²) in [7, 11) is 3.07. The first kappa shape index (κ1) is 22.9. The molecular formula is C23H27N5O5. The summed E-state index contributed by atoms with van der Waals surface area (Å²) in [5.74, 6) is 1.22. The largest absolute Gasteiger partial charge is 0.489 e. The number of aromatic nitrogens is 2. The molecule has 1 saturated heterocycles. The summed E-state index contributed by atoms with van der Waals surface area (Å²) in [6, 6.07) is 7.05. The summed E-state index contributed by atoms with van der Waals surface area (Å²) in [4.78, 5) is 23.5. The van der Waals surface area contributed by atoms with Gasteiger partial charge >= 0.3 is 6.03 Å². The molecule has 4 rings (SSSR count). The second kappa shape index (κ2) is 10.6. The first-order valence-electron chi connectivity index (χ1n) is 10.9. The molecule has 0 bridgehead atoms. The molecule has 1 atom stereocenters. The number of aryl methyl sites for hydroxylation is 1. The Morgan fingerprint density at radius 2 is 2.21 bits per heavy atom. The van der Waals surface area contributed by atoms with Gasteiger partial charge in [-0.3, -0.25) is 10.2 Å². The standard InChI is InChI=1S/C23H27N5O5/c1-30-22(31-2)18-8-7-15-5-3-9-28(21(15)26-18)23(29)27-20-11-19(16(12-24)13-25-20)33-14-17-6-4-10-32-17/h7-8,11,13,17,22H,3-6,9-10,14H2,1-2H3,(H,25,27,29). The van der Waals surface area contributed by atoms with Crippen molar-refractivity contribution < 1.29 is 23.7 Å². The highest BCUT2D eigenvalue weighted by Gasteiger charge is 2.26. The van der Waals surface area contributed by atoms with E-state index in [1.807, 2.05) is 12.1 Å². The molecule has 1 N–H and O–H groups in total. The molecule has 2 amide bonds. The number of hydrogen-bond acceptors (Lipinski definition) is 8. The van der Waals surface area contributed by atoms with Crippen molar-refractivity contribution in [2.45, 2.75) is 38.1 Å². The maximum atomic E-state index is 13.1. The van der Waals surface area contributed by atoms with Gasteiger partial charge in [0.25, 0.3) is 0 Å². The second-order valence-electron chi connectivity index (χ2n) is 7.83. The maximum Gasteiger partial charge on any atom is 0.328 e. The van der Waals surface area contributed by atoms with E-state index >= 15 is 0 Å². The highest BCUT2D eigenvalue weighted by atomic mass is 16.7. The molecule has 1 fully saturated rings. The number of amides is 2. The third-order valence-electron chi connectivity index (χ3n) is 5.65. The van der Waals surface area contributed by atoms with Crippen molar-refractivity contribution in [1.29, 1.82) is 5.26 Å². The van der Waals surface area contributed by atoms with Crippen LogP contribution in [0, 0.1) is 11.3 Å². The van der Waals surface area contributed by atoms with Gasteiger partial charge in [-0.1, -0.05) is 6.07 Å². The number of anilines is 2. The van der Waals surface area contributed by atoms with E-state index in [0.717, 1.165) is 37.9 Å². The van der Waals surface area contributed by atoms with Crippen LogP contribution in [0.25, 0.3) is 0 Å². The lowest BCUT2D eigenvalue weighted by molar-refractivity contribution is -0.108. The molecule has 2 aliphatic rings. The fourth-order valence-corrected chi connectivity index (χ4v) is 3.97. The quantitative estimate of drug-likeness (QED) is 0.635. The summed E-state index contributed by atoms with van der Waals surface area (Å²) in [6.07, 6.45) is 4.35. The third-order valence-corrected chi connectivity index (χ3v) is 5.65. The van der Waals surface area contributed by atoms with E-state index in [4.69, 9.17) is 18.9 Å². The van der Waals surface area contributed by atoms with E-state index in [1.165, 1.54) is 20.4 Å². The van der Waals surface area contributed by atoms with Crippen molar-refractivity contribution >= 4 is 17.7 Å². The zero-order chi connectivity index (χ0) is 23.2. The maximum absolute atomic E-state index is 13.1. The Labute approximate surface area is 192 Å². The van der Waals surface area contributed by atoms with Crippen LogP contribution < -0.4 is 15.0 Å². The number of carbonyl (C=O) groups excluding carboxylic acids is 1. The van der Waals surface area contributed by atoms with Gasteiger partial charge in [0.1, 0.15) is 35.6 Å². The van der Waals surface area contributed by atoms with E-state index in [2.05, 4.69) is 21.4 Å². The van der Waals surface area contributed by atoms with Crippen LogP contribution in [-0.4, -0.2) is 56.1 Å². The Balaban J connectivity index is 1.51. The highest BCUT2D eigenvalue weighted by molar-refractivity contribution is 6.01. The van der Waals surface area contributed by atoms with E-state index in [9.17, 15) is 10.1 Å². The zero-order valence-electron chi connectivity index (χ0n) is 18.7. The number of rotatable bonds is 7. The van der Waals surface area contributed by atoms with Gasteiger partial charge in [0.15, 0.2) is 0 Å². The van der Waals surface area contributed by atoms with E-state index in [-0.39, 0.29) is 18.0 Å². The van der Waals surface area contributed by atoms with Crippen LogP contribution >= 0.6 is 0 Å². The van der Waals surface area contributed by atoms with Crippen molar-refractivity contribution in [2.75, 3.05) is 44.2 Å². The smallest absolute Gasteiger partial charge is 0.328 e. The average Bonchev–Trinajstić information content (AvgIpc) is 3.37. The number of methoxy groups -OCH3 is 2. The first-order chi connectivity index (χ1) is 16.1. The lowest BCUT2D eigenvalue weighted by Gasteiger charge is -2.29. The van der Waals surface area contributed by atoms with Crippen molar-refractivity contribution in [1.82, 2.24) is 9.97 Å². The number of ether oxygens (including phenoxy) is 4. The van der Waals surface area contributed by atoms with Crippen LogP contribution in [0.4, 0.5) is 16.4 Å². The molecule has 2 aliphatic heterocycles. The lowest BCUT2D eigenvalue weighted by Crippen LogP contribution is -2.39.